The monoisotopic (exact) mass is 726 g/mol. The van der Waals surface area contributed by atoms with Gasteiger partial charge in [-0.05, 0) is 126 Å². The average molecular weight is 727 g/mol. The Bertz CT molecular complexity index is 3350. The molecule has 0 saturated heterocycles. The molecular formula is C55H38N2. The van der Waals surface area contributed by atoms with E-state index in [4.69, 9.17) is 0 Å². The van der Waals surface area contributed by atoms with E-state index < -0.39 is 0 Å². The highest BCUT2D eigenvalue weighted by Gasteiger charge is 2.35. The summed E-state index contributed by atoms with van der Waals surface area (Å²) in [5.74, 6) is 0. The zero-order valence-corrected chi connectivity index (χ0v) is 31.9. The molecule has 0 saturated carbocycles. The maximum absolute atomic E-state index is 2.42. The highest BCUT2D eigenvalue weighted by atomic mass is 15.1. The van der Waals surface area contributed by atoms with Crippen LogP contribution in [-0.4, -0.2) is 4.57 Å². The van der Waals surface area contributed by atoms with Crippen LogP contribution >= 0.6 is 0 Å². The van der Waals surface area contributed by atoms with E-state index in [-0.39, 0.29) is 5.41 Å². The third-order valence-electron chi connectivity index (χ3n) is 12.7. The van der Waals surface area contributed by atoms with Crippen LogP contribution in [0.25, 0.3) is 82.1 Å². The average Bonchev–Trinajstić information content (AvgIpc) is 3.71. The van der Waals surface area contributed by atoms with Gasteiger partial charge in [0.05, 0.1) is 11.0 Å². The Balaban J connectivity index is 1.01. The summed E-state index contributed by atoms with van der Waals surface area (Å²) < 4.78 is 2.42. The van der Waals surface area contributed by atoms with Crippen molar-refractivity contribution in [2.45, 2.75) is 19.3 Å². The van der Waals surface area contributed by atoms with E-state index in [9.17, 15) is 0 Å². The molecule has 10 aromatic carbocycles. The minimum atomic E-state index is -0.0755. The van der Waals surface area contributed by atoms with Gasteiger partial charge in [0.1, 0.15) is 0 Å². The van der Waals surface area contributed by atoms with Crippen LogP contribution < -0.4 is 4.90 Å². The summed E-state index contributed by atoms with van der Waals surface area (Å²) in [6.07, 6.45) is 0. The van der Waals surface area contributed by atoms with Crippen LogP contribution in [-0.2, 0) is 5.41 Å². The number of hydrogen-bond donors (Lipinski definition) is 0. The summed E-state index contributed by atoms with van der Waals surface area (Å²) in [7, 11) is 0. The van der Waals surface area contributed by atoms with Gasteiger partial charge in [-0.3, -0.25) is 0 Å². The van der Waals surface area contributed by atoms with Crippen molar-refractivity contribution < 1.29 is 0 Å². The van der Waals surface area contributed by atoms with Crippen LogP contribution in [0.4, 0.5) is 17.1 Å². The fourth-order valence-electron chi connectivity index (χ4n) is 10.1. The summed E-state index contributed by atoms with van der Waals surface area (Å²) in [6.45, 7) is 4.70. The second-order valence-electron chi connectivity index (χ2n) is 16.1. The predicted octanol–water partition coefficient (Wildman–Crippen LogP) is 15.1. The Morgan fingerprint density at radius 3 is 1.84 bits per heavy atom. The van der Waals surface area contributed by atoms with Crippen LogP contribution in [0, 0.1) is 0 Å². The first-order chi connectivity index (χ1) is 28.0. The summed E-state index contributed by atoms with van der Waals surface area (Å²) in [5.41, 5.74) is 14.9. The molecule has 2 nitrogen and oxygen atoms in total. The Kier molecular flexibility index (Phi) is 6.72. The minimum absolute atomic E-state index is 0.0755. The largest absolute Gasteiger partial charge is 0.310 e. The normalized spacial score (nSPS) is 13.2. The van der Waals surface area contributed by atoms with Crippen molar-refractivity contribution in [3.63, 3.8) is 0 Å². The molecule has 12 rings (SSSR count). The molecule has 0 amide bonds. The third-order valence-corrected chi connectivity index (χ3v) is 12.7. The first kappa shape index (κ1) is 32.1. The van der Waals surface area contributed by atoms with E-state index in [1.807, 2.05) is 0 Å². The molecule has 2 heteroatoms. The minimum Gasteiger partial charge on any atom is -0.310 e. The molecule has 268 valence electrons. The lowest BCUT2D eigenvalue weighted by atomic mass is 9.82. The molecule has 1 aliphatic carbocycles. The summed E-state index contributed by atoms with van der Waals surface area (Å²) in [5, 5.41) is 10.4. The van der Waals surface area contributed by atoms with Gasteiger partial charge in [0.2, 0.25) is 0 Å². The summed E-state index contributed by atoms with van der Waals surface area (Å²) >= 11 is 0. The van der Waals surface area contributed by atoms with Crippen molar-refractivity contribution in [3.05, 3.63) is 205 Å². The molecule has 0 fully saturated rings. The predicted molar refractivity (Wildman–Crippen MR) is 242 cm³/mol. The maximum atomic E-state index is 2.42. The number of hydrogen-bond acceptors (Lipinski definition) is 1. The molecule has 0 radical (unpaired) electrons. The number of nitrogens with zero attached hydrogens (tertiary/aromatic N) is 2. The van der Waals surface area contributed by atoms with Crippen molar-refractivity contribution in [2.75, 3.05) is 4.90 Å². The fraction of sp³-hybridized carbons (Fsp3) is 0.0545. The van der Waals surface area contributed by atoms with Crippen molar-refractivity contribution in [1.82, 2.24) is 4.57 Å². The van der Waals surface area contributed by atoms with E-state index in [2.05, 4.69) is 217 Å². The van der Waals surface area contributed by atoms with Crippen LogP contribution in [0.1, 0.15) is 25.0 Å². The SMILES string of the molecule is CC1(C)c2ccccc2-c2ccc(N(c3ccccc3)c3ccc(-c4ccc5ccc6c7c(ccc4c57)cc4c6c5ccccc5n4-c4ccccc4)cc3)cc21. The van der Waals surface area contributed by atoms with E-state index >= 15 is 0 Å². The van der Waals surface area contributed by atoms with Gasteiger partial charge in [-0.15, -0.1) is 0 Å². The van der Waals surface area contributed by atoms with Gasteiger partial charge in [-0.1, -0.05) is 147 Å². The Morgan fingerprint density at radius 1 is 0.386 bits per heavy atom. The lowest BCUT2D eigenvalue weighted by Gasteiger charge is -2.28. The van der Waals surface area contributed by atoms with Crippen molar-refractivity contribution >= 4 is 71.2 Å². The van der Waals surface area contributed by atoms with E-state index in [1.165, 1.54) is 93.2 Å². The second kappa shape index (κ2) is 11.9. The standard InChI is InChI=1S/C55H38N2/c1-55(2)48-19-11-9-17-43(48)44-32-28-41(34-49(44)55)56(38-13-5-3-6-14-38)40-26-21-35(22-27-40)42-29-23-36-24-31-47-53-37(25-30-45(42)52(36)53)33-51-54(47)46-18-10-12-20-50(46)57(51)39-15-7-4-8-16-39/h3-34H,1-2H3. The maximum Gasteiger partial charge on any atom is 0.0553 e. The smallest absolute Gasteiger partial charge is 0.0553 e. The van der Waals surface area contributed by atoms with Crippen molar-refractivity contribution in [1.29, 1.82) is 0 Å². The van der Waals surface area contributed by atoms with Gasteiger partial charge in [-0.25, -0.2) is 0 Å². The second-order valence-corrected chi connectivity index (χ2v) is 16.1. The van der Waals surface area contributed by atoms with Gasteiger partial charge in [-0.2, -0.15) is 0 Å². The zero-order valence-electron chi connectivity index (χ0n) is 31.9. The molecule has 0 unspecified atom stereocenters. The summed E-state index contributed by atoms with van der Waals surface area (Å²) in [4.78, 5) is 2.39. The molecule has 1 aromatic heterocycles. The van der Waals surface area contributed by atoms with Crippen molar-refractivity contribution in [2.24, 2.45) is 0 Å². The van der Waals surface area contributed by atoms with Gasteiger partial charge >= 0.3 is 0 Å². The quantitative estimate of drug-likeness (QED) is 0.160. The number of aromatic nitrogens is 1. The fourth-order valence-corrected chi connectivity index (χ4v) is 10.1. The van der Waals surface area contributed by atoms with Gasteiger partial charge < -0.3 is 9.47 Å². The lowest BCUT2D eigenvalue weighted by Crippen LogP contribution is -2.16. The first-order valence-corrected chi connectivity index (χ1v) is 19.9. The molecule has 1 heterocycles. The van der Waals surface area contributed by atoms with Crippen LogP contribution in [0.15, 0.2) is 194 Å². The van der Waals surface area contributed by atoms with Gasteiger partial charge in [0, 0.05) is 38.9 Å². The summed E-state index contributed by atoms with van der Waals surface area (Å²) in [6, 6.07) is 71.8. The number of anilines is 3. The zero-order chi connectivity index (χ0) is 37.8. The van der Waals surface area contributed by atoms with Crippen LogP contribution in [0.5, 0.6) is 0 Å². The number of rotatable bonds is 5. The van der Waals surface area contributed by atoms with Crippen LogP contribution in [0.3, 0.4) is 0 Å². The highest BCUT2D eigenvalue weighted by Crippen LogP contribution is 2.51. The number of para-hydroxylation sites is 3. The highest BCUT2D eigenvalue weighted by molar-refractivity contribution is 6.34. The van der Waals surface area contributed by atoms with Gasteiger partial charge in [0.25, 0.3) is 0 Å². The Hall–Kier alpha value is -7.16. The molecule has 0 bridgehead atoms. The van der Waals surface area contributed by atoms with Crippen LogP contribution in [0.2, 0.25) is 0 Å². The third kappa shape index (κ3) is 4.59. The molecule has 0 N–H and O–H groups in total. The molecular weight excluding hydrogens is 689 g/mol. The first-order valence-electron chi connectivity index (χ1n) is 19.9. The Labute approximate surface area is 331 Å². The molecule has 0 atom stereocenters. The molecule has 0 spiro atoms. The topological polar surface area (TPSA) is 8.17 Å². The Morgan fingerprint density at radius 2 is 1.00 bits per heavy atom. The number of benzene rings is 10. The van der Waals surface area contributed by atoms with Gasteiger partial charge in [0.15, 0.2) is 0 Å². The molecule has 0 aliphatic heterocycles. The molecule has 57 heavy (non-hydrogen) atoms. The molecule has 1 aliphatic rings. The molecule has 11 aromatic rings. The van der Waals surface area contributed by atoms with E-state index in [0.717, 1.165) is 17.1 Å². The lowest BCUT2D eigenvalue weighted by molar-refractivity contribution is 0.660. The van der Waals surface area contributed by atoms with E-state index in [0.29, 0.717) is 0 Å². The van der Waals surface area contributed by atoms with Crippen molar-refractivity contribution in [3.8, 4) is 27.9 Å². The number of fused-ring (bicyclic) bond motifs is 7. The van der Waals surface area contributed by atoms with E-state index in [1.54, 1.807) is 0 Å².